The van der Waals surface area contributed by atoms with Crippen molar-refractivity contribution in [3.63, 3.8) is 0 Å². The van der Waals surface area contributed by atoms with Crippen LogP contribution in [0, 0.1) is 0 Å². The second kappa shape index (κ2) is 46.4. The van der Waals surface area contributed by atoms with E-state index in [9.17, 15) is 25.2 Å². The van der Waals surface area contributed by atoms with E-state index < -0.39 is 36.9 Å². The van der Waals surface area contributed by atoms with Crippen LogP contribution in [0.2, 0.25) is 0 Å². The molecule has 0 heterocycles. The van der Waals surface area contributed by atoms with Crippen LogP contribution in [0.25, 0.3) is 0 Å². The Hall–Kier alpha value is -0.690. The summed E-state index contributed by atoms with van der Waals surface area (Å²) >= 11 is 0. The van der Waals surface area contributed by atoms with E-state index in [1.165, 1.54) is 225 Å². The molecule has 342 valence electrons. The van der Waals surface area contributed by atoms with Crippen molar-refractivity contribution in [3.05, 3.63) is 0 Å². The van der Waals surface area contributed by atoms with E-state index in [1.54, 1.807) is 0 Å². The molecule has 1 amide bonds. The molecule has 0 spiro atoms. The molecular weight excluding hydrogens is 707 g/mol. The van der Waals surface area contributed by atoms with E-state index in [-0.39, 0.29) is 0 Å². The van der Waals surface area contributed by atoms with Crippen LogP contribution < -0.4 is 5.32 Å². The molecule has 0 bridgehead atoms. The van der Waals surface area contributed by atoms with Crippen molar-refractivity contribution in [1.29, 1.82) is 0 Å². The van der Waals surface area contributed by atoms with Crippen LogP contribution in [0.1, 0.15) is 290 Å². The molecule has 0 saturated carbocycles. The summed E-state index contributed by atoms with van der Waals surface area (Å²) in [5.41, 5.74) is 0. The number of carbonyl (C=O) groups is 1. The Morgan fingerprint density at radius 2 is 0.596 bits per heavy atom. The number of carbonyl (C=O) groups excluding carboxylic acids is 1. The van der Waals surface area contributed by atoms with E-state index in [4.69, 9.17) is 0 Å². The van der Waals surface area contributed by atoms with Crippen LogP contribution in [0.5, 0.6) is 0 Å². The summed E-state index contributed by atoms with van der Waals surface area (Å²) in [6.07, 6.45) is 51.8. The smallest absolute Gasteiger partial charge is 0.249 e. The van der Waals surface area contributed by atoms with Crippen molar-refractivity contribution < 1.29 is 25.2 Å². The highest BCUT2D eigenvalue weighted by Crippen LogP contribution is 2.18. The first-order valence-corrected chi connectivity index (χ1v) is 25.9. The molecular formula is C51H103NO5. The molecule has 0 radical (unpaired) electrons. The maximum atomic E-state index is 12.5. The first-order valence-electron chi connectivity index (χ1n) is 25.9. The predicted octanol–water partition coefficient (Wildman–Crippen LogP) is 14.4. The van der Waals surface area contributed by atoms with Crippen molar-refractivity contribution in [1.82, 2.24) is 5.32 Å². The Morgan fingerprint density at radius 1 is 0.368 bits per heavy atom. The molecule has 4 atom stereocenters. The van der Waals surface area contributed by atoms with E-state index in [1.807, 2.05) is 0 Å². The van der Waals surface area contributed by atoms with Gasteiger partial charge in [0.1, 0.15) is 12.2 Å². The number of rotatable bonds is 48. The SMILES string of the molecule is CCCCCCCCCCCCCCCCCCCCCCCCCCCCCCCCCC(O)C(=O)NC(CO)C(O)C(O)CCCCCCCCCCCC. The van der Waals surface area contributed by atoms with Crippen molar-refractivity contribution in [2.75, 3.05) is 6.61 Å². The third-order valence-corrected chi connectivity index (χ3v) is 12.6. The topological polar surface area (TPSA) is 110 Å². The Labute approximate surface area is 356 Å². The average molecular weight is 810 g/mol. The first-order chi connectivity index (χ1) is 28.0. The fourth-order valence-electron chi connectivity index (χ4n) is 8.47. The summed E-state index contributed by atoms with van der Waals surface area (Å²) in [6.45, 7) is 4.05. The molecule has 0 aromatic rings. The van der Waals surface area contributed by atoms with Crippen LogP contribution in [-0.4, -0.2) is 57.3 Å². The monoisotopic (exact) mass is 810 g/mol. The maximum Gasteiger partial charge on any atom is 0.249 e. The van der Waals surface area contributed by atoms with Gasteiger partial charge in [0, 0.05) is 0 Å². The lowest BCUT2D eigenvalue weighted by Crippen LogP contribution is -2.53. The van der Waals surface area contributed by atoms with Gasteiger partial charge in [-0.1, -0.05) is 277 Å². The quantitative estimate of drug-likeness (QED) is 0.0393. The molecule has 0 fully saturated rings. The molecule has 0 aromatic carbocycles. The summed E-state index contributed by atoms with van der Waals surface area (Å²) in [7, 11) is 0. The van der Waals surface area contributed by atoms with Crippen molar-refractivity contribution in [3.8, 4) is 0 Å². The zero-order valence-corrected chi connectivity index (χ0v) is 38.6. The van der Waals surface area contributed by atoms with Crippen molar-refractivity contribution in [2.24, 2.45) is 0 Å². The molecule has 0 aliphatic carbocycles. The number of amides is 1. The fraction of sp³-hybridized carbons (Fsp3) is 0.980. The Morgan fingerprint density at radius 3 is 0.842 bits per heavy atom. The maximum absolute atomic E-state index is 12.5. The lowest BCUT2D eigenvalue weighted by atomic mass is 9.99. The van der Waals surface area contributed by atoms with Gasteiger partial charge in [-0.3, -0.25) is 4.79 Å². The molecule has 6 heteroatoms. The number of unbranched alkanes of at least 4 members (excludes halogenated alkanes) is 39. The van der Waals surface area contributed by atoms with Crippen molar-refractivity contribution in [2.45, 2.75) is 314 Å². The van der Waals surface area contributed by atoms with Gasteiger partial charge in [-0.15, -0.1) is 0 Å². The highest BCUT2D eigenvalue weighted by Gasteiger charge is 2.28. The molecule has 6 nitrogen and oxygen atoms in total. The van der Waals surface area contributed by atoms with Crippen LogP contribution in [0.3, 0.4) is 0 Å². The fourth-order valence-corrected chi connectivity index (χ4v) is 8.47. The van der Waals surface area contributed by atoms with Crippen LogP contribution in [-0.2, 0) is 4.79 Å². The van der Waals surface area contributed by atoms with Gasteiger partial charge in [-0.2, -0.15) is 0 Å². The van der Waals surface area contributed by atoms with Gasteiger partial charge in [0.15, 0.2) is 0 Å². The first kappa shape index (κ1) is 56.3. The molecule has 0 saturated heterocycles. The Kier molecular flexibility index (Phi) is 45.8. The van der Waals surface area contributed by atoms with E-state index in [0.29, 0.717) is 12.8 Å². The summed E-state index contributed by atoms with van der Waals surface area (Å²) in [5, 5.41) is 43.7. The lowest BCUT2D eigenvalue weighted by Gasteiger charge is -2.27. The molecule has 4 unspecified atom stereocenters. The summed E-state index contributed by atoms with van der Waals surface area (Å²) in [6, 6.07) is -0.978. The van der Waals surface area contributed by atoms with Crippen LogP contribution in [0.15, 0.2) is 0 Å². The molecule has 57 heavy (non-hydrogen) atoms. The van der Waals surface area contributed by atoms with Crippen LogP contribution in [0.4, 0.5) is 0 Å². The highest BCUT2D eigenvalue weighted by molar-refractivity contribution is 5.80. The van der Waals surface area contributed by atoms with Gasteiger partial charge in [-0.25, -0.2) is 0 Å². The second-order valence-corrected chi connectivity index (χ2v) is 18.2. The standard InChI is InChI=1S/C51H103NO5/c1-3-5-7-9-11-13-15-16-17-18-19-20-21-22-23-24-25-26-27-28-29-30-31-32-33-34-35-37-39-41-43-45-49(55)51(57)52-47(46-53)50(56)48(54)44-42-40-38-36-14-12-10-8-6-4-2/h47-50,53-56H,3-46H2,1-2H3,(H,52,57). The van der Waals surface area contributed by atoms with Gasteiger partial charge in [0.05, 0.1) is 18.8 Å². The van der Waals surface area contributed by atoms with Gasteiger partial charge in [0.2, 0.25) is 5.91 Å². The average Bonchev–Trinajstić information content (AvgIpc) is 3.22. The minimum Gasteiger partial charge on any atom is -0.394 e. The summed E-state index contributed by atoms with van der Waals surface area (Å²) in [5.74, 6) is -0.579. The minimum absolute atomic E-state index is 0.376. The summed E-state index contributed by atoms with van der Waals surface area (Å²) < 4.78 is 0. The number of hydrogen-bond donors (Lipinski definition) is 5. The van der Waals surface area contributed by atoms with Gasteiger partial charge >= 0.3 is 0 Å². The molecule has 0 aliphatic rings. The molecule has 5 N–H and O–H groups in total. The van der Waals surface area contributed by atoms with Gasteiger partial charge in [0.25, 0.3) is 0 Å². The number of aliphatic hydroxyl groups excluding tert-OH is 4. The number of hydrogen-bond acceptors (Lipinski definition) is 5. The summed E-state index contributed by atoms with van der Waals surface area (Å²) in [4.78, 5) is 12.5. The third kappa shape index (κ3) is 40.5. The van der Waals surface area contributed by atoms with E-state index in [0.717, 1.165) is 38.5 Å². The van der Waals surface area contributed by atoms with E-state index in [2.05, 4.69) is 19.2 Å². The third-order valence-electron chi connectivity index (χ3n) is 12.6. The van der Waals surface area contributed by atoms with Gasteiger partial charge in [-0.05, 0) is 12.8 Å². The van der Waals surface area contributed by atoms with E-state index >= 15 is 0 Å². The largest absolute Gasteiger partial charge is 0.394 e. The Bertz CT molecular complexity index is 781. The second-order valence-electron chi connectivity index (χ2n) is 18.2. The zero-order valence-electron chi connectivity index (χ0n) is 38.6. The normalized spacial score (nSPS) is 13.9. The number of aliphatic hydroxyl groups is 4. The van der Waals surface area contributed by atoms with Gasteiger partial charge < -0.3 is 25.7 Å². The lowest BCUT2D eigenvalue weighted by molar-refractivity contribution is -0.132. The van der Waals surface area contributed by atoms with Crippen molar-refractivity contribution >= 4 is 5.91 Å². The molecule has 0 aliphatic heterocycles. The number of nitrogens with one attached hydrogen (secondary N) is 1. The van der Waals surface area contributed by atoms with Crippen LogP contribution >= 0.6 is 0 Å². The predicted molar refractivity (Wildman–Crippen MR) is 247 cm³/mol. The molecule has 0 rings (SSSR count). The Balaban J connectivity index is 3.49. The molecule has 0 aromatic heterocycles. The highest BCUT2D eigenvalue weighted by atomic mass is 16.3. The minimum atomic E-state index is -1.25. The zero-order chi connectivity index (χ0) is 41.7.